The van der Waals surface area contributed by atoms with Crippen molar-refractivity contribution in [2.75, 3.05) is 13.6 Å². The average Bonchev–Trinajstić information content (AvgIpc) is 2.85. The first-order chi connectivity index (χ1) is 11.5. The molecule has 0 saturated carbocycles. The fraction of sp³-hybridized carbons (Fsp3) is 0.556. The van der Waals surface area contributed by atoms with Gasteiger partial charge in [-0.15, -0.1) is 12.4 Å². The van der Waals surface area contributed by atoms with Gasteiger partial charge in [-0.2, -0.15) is 0 Å². The molecule has 1 aromatic rings. The lowest BCUT2D eigenvalue weighted by Gasteiger charge is -2.32. The van der Waals surface area contributed by atoms with Gasteiger partial charge in [-0.1, -0.05) is 23.7 Å². The normalized spacial score (nSPS) is 29.2. The Bertz CT molecular complexity index is 641. The van der Waals surface area contributed by atoms with Gasteiger partial charge >= 0.3 is 0 Å². The van der Waals surface area contributed by atoms with Gasteiger partial charge in [-0.25, -0.2) is 0 Å². The third-order valence-electron chi connectivity index (χ3n) is 5.20. The van der Waals surface area contributed by atoms with Gasteiger partial charge in [-0.05, 0) is 44.0 Å². The molecule has 25 heavy (non-hydrogen) atoms. The van der Waals surface area contributed by atoms with Crippen LogP contribution in [0.1, 0.15) is 37.8 Å². The van der Waals surface area contributed by atoms with Crippen LogP contribution < -0.4 is 10.6 Å². The number of nitrogens with zero attached hydrogens (tertiary/aromatic N) is 1. The predicted octanol–water partition coefficient (Wildman–Crippen LogP) is 2.54. The number of hydrogen-bond donors (Lipinski definition) is 2. The first-order valence-electron chi connectivity index (χ1n) is 8.52. The molecular weight excluding hydrogens is 361 g/mol. The Labute approximate surface area is 159 Å². The topological polar surface area (TPSA) is 61.4 Å². The second kappa shape index (κ2) is 8.39. The summed E-state index contributed by atoms with van der Waals surface area (Å²) < 4.78 is 0. The molecule has 2 aliphatic heterocycles. The lowest BCUT2D eigenvalue weighted by atomic mass is 9.91. The largest absolute Gasteiger partial charge is 0.351 e. The van der Waals surface area contributed by atoms with Gasteiger partial charge in [0.15, 0.2) is 0 Å². The van der Waals surface area contributed by atoms with E-state index in [1.807, 2.05) is 18.2 Å². The lowest BCUT2D eigenvalue weighted by Crippen LogP contribution is -2.53. The molecule has 2 N–H and O–H groups in total. The van der Waals surface area contributed by atoms with Crippen molar-refractivity contribution in [2.45, 2.75) is 44.3 Å². The fourth-order valence-electron chi connectivity index (χ4n) is 3.78. The van der Waals surface area contributed by atoms with Crippen molar-refractivity contribution >= 4 is 35.8 Å². The summed E-state index contributed by atoms with van der Waals surface area (Å²) in [6, 6.07) is 7.53. The summed E-state index contributed by atoms with van der Waals surface area (Å²) in [7, 11) is 1.76. The maximum atomic E-state index is 12.9. The van der Waals surface area contributed by atoms with Gasteiger partial charge in [0.1, 0.15) is 0 Å². The number of rotatable bonds is 3. The summed E-state index contributed by atoms with van der Waals surface area (Å²) >= 11 is 6.10. The highest BCUT2D eigenvalue weighted by Crippen LogP contribution is 2.38. The number of halogens is 2. The van der Waals surface area contributed by atoms with Crippen LogP contribution in [0.5, 0.6) is 0 Å². The zero-order chi connectivity index (χ0) is 17.3. The molecule has 0 bridgehead atoms. The molecule has 1 aromatic carbocycles. The van der Waals surface area contributed by atoms with E-state index in [1.165, 1.54) is 0 Å². The van der Waals surface area contributed by atoms with Gasteiger partial charge in [0.05, 0.1) is 12.0 Å². The van der Waals surface area contributed by atoms with Crippen LogP contribution in [0.4, 0.5) is 0 Å². The third kappa shape index (κ3) is 4.27. The second-order valence-electron chi connectivity index (χ2n) is 6.82. The van der Waals surface area contributed by atoms with Crippen molar-refractivity contribution in [1.29, 1.82) is 0 Å². The van der Waals surface area contributed by atoms with Crippen LogP contribution in [0.25, 0.3) is 0 Å². The monoisotopic (exact) mass is 385 g/mol. The number of benzene rings is 1. The van der Waals surface area contributed by atoms with Crippen molar-refractivity contribution < 1.29 is 9.59 Å². The van der Waals surface area contributed by atoms with Crippen LogP contribution in [0, 0.1) is 5.92 Å². The maximum Gasteiger partial charge on any atom is 0.226 e. The molecule has 0 radical (unpaired) electrons. The van der Waals surface area contributed by atoms with E-state index >= 15 is 0 Å². The highest BCUT2D eigenvalue weighted by Gasteiger charge is 2.43. The Morgan fingerprint density at radius 1 is 1.40 bits per heavy atom. The smallest absolute Gasteiger partial charge is 0.226 e. The summed E-state index contributed by atoms with van der Waals surface area (Å²) in [5.41, 5.74) is 0.908. The number of carbonyl (C=O) groups excluding carboxylic acids is 2. The number of nitrogens with one attached hydrogen (secondary N) is 2. The van der Waals surface area contributed by atoms with Gasteiger partial charge in [-0.3, -0.25) is 9.59 Å². The van der Waals surface area contributed by atoms with E-state index < -0.39 is 0 Å². The van der Waals surface area contributed by atoms with Crippen LogP contribution >= 0.6 is 24.0 Å². The molecule has 2 saturated heterocycles. The molecule has 7 heteroatoms. The molecule has 0 spiro atoms. The standard InChI is InChI=1S/C18H24ClN3O2.ClH/c1-11-15(7-4-8-20-11)21-18(24)14-10-16(23)22(2)17(14)12-5-3-6-13(19)9-12;/h3,5-6,9,11,14-15,17,20H,4,7-8,10H2,1-2H3,(H,21,24);1H. The quantitative estimate of drug-likeness (QED) is 0.840. The van der Waals surface area contributed by atoms with Crippen molar-refractivity contribution in [3.8, 4) is 0 Å². The Morgan fingerprint density at radius 2 is 2.16 bits per heavy atom. The number of hydrogen-bond acceptors (Lipinski definition) is 3. The van der Waals surface area contributed by atoms with Crippen molar-refractivity contribution in [3.63, 3.8) is 0 Å². The van der Waals surface area contributed by atoms with Gasteiger partial charge in [0.25, 0.3) is 0 Å². The highest BCUT2D eigenvalue weighted by molar-refractivity contribution is 6.30. The Hall–Kier alpha value is -1.30. The first-order valence-corrected chi connectivity index (χ1v) is 8.90. The summed E-state index contributed by atoms with van der Waals surface area (Å²) in [6.45, 7) is 3.08. The maximum absolute atomic E-state index is 12.9. The highest BCUT2D eigenvalue weighted by atomic mass is 35.5. The lowest BCUT2D eigenvalue weighted by molar-refractivity contribution is -0.128. The van der Waals surface area contributed by atoms with Gasteiger partial charge in [0.2, 0.25) is 11.8 Å². The fourth-order valence-corrected chi connectivity index (χ4v) is 3.98. The van der Waals surface area contributed by atoms with Crippen LogP contribution in [0.2, 0.25) is 5.02 Å². The zero-order valence-corrected chi connectivity index (χ0v) is 16.1. The molecule has 2 amide bonds. The minimum atomic E-state index is -0.380. The molecule has 4 atom stereocenters. The predicted molar refractivity (Wildman–Crippen MR) is 101 cm³/mol. The number of likely N-dealkylation sites (tertiary alicyclic amines) is 1. The van der Waals surface area contributed by atoms with Crippen molar-refractivity contribution in [3.05, 3.63) is 34.9 Å². The summed E-state index contributed by atoms with van der Waals surface area (Å²) in [5.74, 6) is -0.428. The van der Waals surface area contributed by atoms with Gasteiger partial charge < -0.3 is 15.5 Å². The van der Waals surface area contributed by atoms with Crippen LogP contribution in [0.15, 0.2) is 24.3 Å². The van der Waals surface area contributed by atoms with E-state index in [1.54, 1.807) is 18.0 Å². The number of amides is 2. The van der Waals surface area contributed by atoms with E-state index in [4.69, 9.17) is 11.6 Å². The molecule has 3 rings (SSSR count). The van der Waals surface area contributed by atoms with E-state index in [2.05, 4.69) is 17.6 Å². The molecule has 0 aliphatic carbocycles. The Morgan fingerprint density at radius 3 is 2.84 bits per heavy atom. The zero-order valence-electron chi connectivity index (χ0n) is 14.5. The molecule has 0 aromatic heterocycles. The molecule has 4 unspecified atom stereocenters. The molecule has 2 heterocycles. The summed E-state index contributed by atoms with van der Waals surface area (Å²) in [4.78, 5) is 26.7. The van der Waals surface area contributed by atoms with Crippen LogP contribution in [-0.2, 0) is 9.59 Å². The molecule has 2 aliphatic rings. The van der Waals surface area contributed by atoms with Crippen LogP contribution in [-0.4, -0.2) is 42.4 Å². The van der Waals surface area contributed by atoms with E-state index in [9.17, 15) is 9.59 Å². The first kappa shape index (κ1) is 20.0. The van der Waals surface area contributed by atoms with Crippen molar-refractivity contribution in [2.24, 2.45) is 5.92 Å². The second-order valence-corrected chi connectivity index (χ2v) is 7.25. The van der Waals surface area contributed by atoms with Gasteiger partial charge in [0, 0.05) is 30.6 Å². The van der Waals surface area contributed by atoms with E-state index in [-0.39, 0.29) is 54.7 Å². The molecular formula is C18H25Cl2N3O2. The van der Waals surface area contributed by atoms with Crippen molar-refractivity contribution in [1.82, 2.24) is 15.5 Å². The van der Waals surface area contributed by atoms with E-state index in [0.717, 1.165) is 24.9 Å². The Kier molecular flexibility index (Phi) is 6.72. The third-order valence-corrected chi connectivity index (χ3v) is 5.44. The SMILES string of the molecule is CC1NCCCC1NC(=O)C1CC(=O)N(C)C1c1cccc(Cl)c1.Cl. The number of piperidine rings is 1. The number of carbonyl (C=O) groups is 2. The Balaban J connectivity index is 0.00000225. The minimum absolute atomic E-state index is 0. The minimum Gasteiger partial charge on any atom is -0.351 e. The molecule has 5 nitrogen and oxygen atoms in total. The van der Waals surface area contributed by atoms with E-state index in [0.29, 0.717) is 5.02 Å². The summed E-state index contributed by atoms with van der Waals surface area (Å²) in [5, 5.41) is 7.15. The average molecular weight is 386 g/mol. The van der Waals surface area contributed by atoms with Crippen LogP contribution in [0.3, 0.4) is 0 Å². The molecule has 138 valence electrons. The molecule has 2 fully saturated rings. The summed E-state index contributed by atoms with van der Waals surface area (Å²) in [6.07, 6.45) is 2.27.